The molecule has 0 aromatic rings. The van der Waals surface area contributed by atoms with Crippen molar-refractivity contribution in [3.63, 3.8) is 0 Å². The predicted octanol–water partition coefficient (Wildman–Crippen LogP) is 2.49. The van der Waals surface area contributed by atoms with Gasteiger partial charge in [0.15, 0.2) is 0 Å². The SMILES string of the molecule is CC(C)C1CCCCC1N(C)C1CCNC1. The highest BCUT2D eigenvalue weighted by atomic mass is 15.2. The van der Waals surface area contributed by atoms with Crippen LogP contribution in [0.3, 0.4) is 0 Å². The highest BCUT2D eigenvalue weighted by Gasteiger charge is 2.33. The summed E-state index contributed by atoms with van der Waals surface area (Å²) in [5, 5.41) is 3.49. The normalized spacial score (nSPS) is 36.2. The molecule has 1 N–H and O–H groups in total. The van der Waals surface area contributed by atoms with E-state index < -0.39 is 0 Å². The lowest BCUT2D eigenvalue weighted by molar-refractivity contribution is 0.0724. The van der Waals surface area contributed by atoms with Gasteiger partial charge in [-0.25, -0.2) is 0 Å². The lowest BCUT2D eigenvalue weighted by Crippen LogP contribution is -2.47. The Morgan fingerprint density at radius 1 is 1.12 bits per heavy atom. The monoisotopic (exact) mass is 224 g/mol. The first kappa shape index (κ1) is 12.4. The van der Waals surface area contributed by atoms with Crippen molar-refractivity contribution in [1.82, 2.24) is 10.2 Å². The fraction of sp³-hybridized carbons (Fsp3) is 1.00. The molecule has 0 aromatic heterocycles. The van der Waals surface area contributed by atoms with Gasteiger partial charge >= 0.3 is 0 Å². The third-order valence-electron chi connectivity index (χ3n) is 4.77. The Morgan fingerprint density at radius 3 is 2.50 bits per heavy atom. The van der Waals surface area contributed by atoms with Crippen LogP contribution < -0.4 is 5.32 Å². The minimum Gasteiger partial charge on any atom is -0.315 e. The van der Waals surface area contributed by atoms with E-state index in [1.807, 2.05) is 0 Å². The predicted molar refractivity (Wildman–Crippen MR) is 69.6 cm³/mol. The summed E-state index contributed by atoms with van der Waals surface area (Å²) < 4.78 is 0. The Balaban J connectivity index is 1.98. The highest BCUT2D eigenvalue weighted by molar-refractivity contribution is 4.89. The summed E-state index contributed by atoms with van der Waals surface area (Å²) in [5.74, 6) is 1.78. The molecule has 1 aliphatic carbocycles. The Bertz CT molecular complexity index is 209. The van der Waals surface area contributed by atoms with Gasteiger partial charge in [0.2, 0.25) is 0 Å². The average molecular weight is 224 g/mol. The summed E-state index contributed by atoms with van der Waals surface area (Å²) in [6, 6.07) is 1.64. The van der Waals surface area contributed by atoms with Gasteiger partial charge in [-0.3, -0.25) is 4.90 Å². The molecule has 0 radical (unpaired) electrons. The zero-order chi connectivity index (χ0) is 11.5. The van der Waals surface area contributed by atoms with E-state index >= 15 is 0 Å². The molecule has 0 spiro atoms. The summed E-state index contributed by atoms with van der Waals surface area (Å²) in [4.78, 5) is 2.70. The molecule has 94 valence electrons. The second-order valence-corrected chi connectivity index (χ2v) is 6.07. The smallest absolute Gasteiger partial charge is 0.0232 e. The molecular weight excluding hydrogens is 196 g/mol. The van der Waals surface area contributed by atoms with E-state index in [1.165, 1.54) is 45.2 Å². The van der Waals surface area contributed by atoms with Crippen LogP contribution in [0.5, 0.6) is 0 Å². The van der Waals surface area contributed by atoms with E-state index in [-0.39, 0.29) is 0 Å². The molecule has 1 saturated heterocycles. The molecular formula is C14H28N2. The van der Waals surface area contributed by atoms with E-state index in [1.54, 1.807) is 0 Å². The molecule has 0 amide bonds. The molecule has 2 aliphatic rings. The first-order valence-electron chi connectivity index (χ1n) is 7.13. The molecule has 0 bridgehead atoms. The largest absolute Gasteiger partial charge is 0.315 e. The van der Waals surface area contributed by atoms with Crippen molar-refractivity contribution in [1.29, 1.82) is 0 Å². The number of nitrogens with zero attached hydrogens (tertiary/aromatic N) is 1. The van der Waals surface area contributed by atoms with Crippen LogP contribution in [0.15, 0.2) is 0 Å². The third-order valence-corrected chi connectivity index (χ3v) is 4.77. The molecule has 2 fully saturated rings. The van der Waals surface area contributed by atoms with Crippen molar-refractivity contribution in [3.05, 3.63) is 0 Å². The van der Waals surface area contributed by atoms with Crippen LogP contribution in [-0.2, 0) is 0 Å². The first-order valence-corrected chi connectivity index (χ1v) is 7.13. The zero-order valence-corrected chi connectivity index (χ0v) is 11.2. The van der Waals surface area contributed by atoms with E-state index in [4.69, 9.17) is 0 Å². The zero-order valence-electron chi connectivity index (χ0n) is 11.2. The minimum absolute atomic E-state index is 0.796. The topological polar surface area (TPSA) is 15.3 Å². The van der Waals surface area contributed by atoms with Gasteiger partial charge in [0, 0.05) is 18.6 Å². The van der Waals surface area contributed by atoms with Crippen LogP contribution in [0, 0.1) is 11.8 Å². The molecule has 1 heterocycles. The highest BCUT2D eigenvalue weighted by Crippen LogP contribution is 2.34. The van der Waals surface area contributed by atoms with Crippen molar-refractivity contribution in [2.75, 3.05) is 20.1 Å². The molecule has 3 atom stereocenters. The van der Waals surface area contributed by atoms with Gasteiger partial charge in [-0.05, 0) is 44.7 Å². The minimum atomic E-state index is 0.796. The maximum Gasteiger partial charge on any atom is 0.0232 e. The van der Waals surface area contributed by atoms with Gasteiger partial charge in [0.05, 0.1) is 0 Å². The molecule has 2 rings (SSSR count). The molecule has 1 aliphatic heterocycles. The maximum atomic E-state index is 3.49. The summed E-state index contributed by atoms with van der Waals surface area (Å²) in [6.07, 6.45) is 7.12. The number of nitrogens with one attached hydrogen (secondary N) is 1. The molecule has 16 heavy (non-hydrogen) atoms. The van der Waals surface area contributed by atoms with Gasteiger partial charge in [0.1, 0.15) is 0 Å². The molecule has 1 saturated carbocycles. The number of hydrogen-bond donors (Lipinski definition) is 1. The van der Waals surface area contributed by atoms with Gasteiger partial charge in [-0.2, -0.15) is 0 Å². The second kappa shape index (κ2) is 5.50. The number of likely N-dealkylation sites (N-methyl/N-ethyl adjacent to an activating group) is 1. The molecule has 2 nitrogen and oxygen atoms in total. The fourth-order valence-corrected chi connectivity index (χ4v) is 3.68. The Hall–Kier alpha value is -0.0800. The van der Waals surface area contributed by atoms with Crippen molar-refractivity contribution in [2.45, 2.75) is 58.0 Å². The van der Waals surface area contributed by atoms with Crippen LogP contribution >= 0.6 is 0 Å². The maximum absolute atomic E-state index is 3.49. The number of hydrogen-bond acceptors (Lipinski definition) is 2. The van der Waals surface area contributed by atoms with Crippen molar-refractivity contribution >= 4 is 0 Å². The van der Waals surface area contributed by atoms with Crippen molar-refractivity contribution in [3.8, 4) is 0 Å². The van der Waals surface area contributed by atoms with Gasteiger partial charge < -0.3 is 5.32 Å². The molecule has 2 heteroatoms. The van der Waals surface area contributed by atoms with Crippen LogP contribution in [-0.4, -0.2) is 37.1 Å². The molecule has 0 aromatic carbocycles. The van der Waals surface area contributed by atoms with Gasteiger partial charge in [0.25, 0.3) is 0 Å². The second-order valence-electron chi connectivity index (χ2n) is 6.07. The standard InChI is InChI=1S/C14H28N2/c1-11(2)13-6-4-5-7-14(13)16(3)12-8-9-15-10-12/h11-15H,4-10H2,1-3H3. The van der Waals surface area contributed by atoms with Crippen LogP contribution in [0.4, 0.5) is 0 Å². The van der Waals surface area contributed by atoms with E-state index in [2.05, 4.69) is 31.1 Å². The first-order chi connectivity index (χ1) is 7.70. The third kappa shape index (κ3) is 2.60. The van der Waals surface area contributed by atoms with Crippen LogP contribution in [0.1, 0.15) is 46.0 Å². The average Bonchev–Trinajstić information content (AvgIpc) is 2.81. The van der Waals surface area contributed by atoms with E-state index in [0.29, 0.717) is 0 Å². The van der Waals surface area contributed by atoms with Crippen molar-refractivity contribution < 1.29 is 0 Å². The Morgan fingerprint density at radius 2 is 1.88 bits per heavy atom. The lowest BCUT2D eigenvalue weighted by atomic mass is 9.77. The van der Waals surface area contributed by atoms with Crippen molar-refractivity contribution in [2.24, 2.45) is 11.8 Å². The Labute approximate surface area is 101 Å². The van der Waals surface area contributed by atoms with Crippen LogP contribution in [0.25, 0.3) is 0 Å². The van der Waals surface area contributed by atoms with Gasteiger partial charge in [-0.1, -0.05) is 26.7 Å². The summed E-state index contributed by atoms with van der Waals surface area (Å²) in [7, 11) is 2.36. The van der Waals surface area contributed by atoms with E-state index in [0.717, 1.165) is 23.9 Å². The van der Waals surface area contributed by atoms with Crippen LogP contribution in [0.2, 0.25) is 0 Å². The summed E-state index contributed by atoms with van der Waals surface area (Å²) in [6.45, 7) is 7.24. The quantitative estimate of drug-likeness (QED) is 0.792. The Kier molecular flexibility index (Phi) is 4.26. The molecule has 3 unspecified atom stereocenters. The number of rotatable bonds is 3. The lowest BCUT2D eigenvalue weighted by Gasteiger charge is -2.42. The van der Waals surface area contributed by atoms with Gasteiger partial charge in [-0.15, -0.1) is 0 Å². The fourth-order valence-electron chi connectivity index (χ4n) is 3.68. The summed E-state index contributed by atoms with van der Waals surface area (Å²) >= 11 is 0. The van der Waals surface area contributed by atoms with E-state index in [9.17, 15) is 0 Å². The summed E-state index contributed by atoms with van der Waals surface area (Å²) in [5.41, 5.74) is 0.